The molecule has 0 saturated carbocycles. The van der Waals surface area contributed by atoms with E-state index in [2.05, 4.69) is 9.82 Å². The molecule has 0 fully saturated rings. The molecule has 3 aromatic rings. The zero-order chi connectivity index (χ0) is 18.9. The maximum Gasteiger partial charge on any atom is 0.291 e. The highest BCUT2D eigenvalue weighted by Crippen LogP contribution is 2.15. The molecule has 0 amide bonds. The fourth-order valence-electron chi connectivity index (χ4n) is 2.68. The number of aryl methyl sites for hydroxylation is 2. The molecule has 2 heterocycles. The molecule has 0 aliphatic heterocycles. The summed E-state index contributed by atoms with van der Waals surface area (Å²) in [6, 6.07) is 7.26. The van der Waals surface area contributed by atoms with Gasteiger partial charge in [-0.3, -0.25) is 9.20 Å². The van der Waals surface area contributed by atoms with Gasteiger partial charge in [-0.15, -0.1) is 0 Å². The Bertz CT molecular complexity index is 1120. The van der Waals surface area contributed by atoms with Gasteiger partial charge in [-0.1, -0.05) is 25.1 Å². The van der Waals surface area contributed by atoms with Crippen LogP contribution in [0.2, 0.25) is 0 Å². The van der Waals surface area contributed by atoms with Crippen molar-refractivity contribution < 1.29 is 12.8 Å². The van der Waals surface area contributed by atoms with Crippen LogP contribution in [0, 0.1) is 5.82 Å². The van der Waals surface area contributed by atoms with Gasteiger partial charge >= 0.3 is 0 Å². The molecular weight excluding hydrogens is 359 g/mol. The van der Waals surface area contributed by atoms with E-state index in [9.17, 15) is 17.6 Å². The highest BCUT2D eigenvalue weighted by atomic mass is 32.2. The van der Waals surface area contributed by atoms with E-state index in [-0.39, 0.29) is 28.1 Å². The van der Waals surface area contributed by atoms with Crippen LogP contribution in [-0.4, -0.2) is 22.6 Å². The molecule has 0 aliphatic rings. The van der Waals surface area contributed by atoms with Crippen LogP contribution in [0.4, 0.5) is 4.39 Å². The molecule has 0 spiro atoms. The van der Waals surface area contributed by atoms with Crippen LogP contribution in [0.15, 0.2) is 46.2 Å². The van der Waals surface area contributed by atoms with Gasteiger partial charge in [0.05, 0.1) is 0 Å². The summed E-state index contributed by atoms with van der Waals surface area (Å²) in [6.07, 6.45) is 1.90. The Kier molecular flexibility index (Phi) is 4.92. The average molecular weight is 378 g/mol. The molecule has 138 valence electrons. The summed E-state index contributed by atoms with van der Waals surface area (Å²) >= 11 is 0. The zero-order valence-electron chi connectivity index (χ0n) is 14.4. The maximum absolute atomic E-state index is 13.7. The van der Waals surface area contributed by atoms with Crippen LogP contribution in [0.25, 0.3) is 5.52 Å². The van der Waals surface area contributed by atoms with Crippen molar-refractivity contribution >= 4 is 15.5 Å². The Morgan fingerprint density at radius 2 is 1.96 bits per heavy atom. The third-order valence-corrected chi connectivity index (χ3v) is 5.47. The van der Waals surface area contributed by atoms with Gasteiger partial charge in [0, 0.05) is 31.3 Å². The highest BCUT2D eigenvalue weighted by Gasteiger charge is 2.20. The number of hydrogen-bond donors (Lipinski definition) is 1. The molecule has 26 heavy (non-hydrogen) atoms. The number of nitrogens with zero attached hydrogens (tertiary/aromatic N) is 3. The summed E-state index contributed by atoms with van der Waals surface area (Å²) < 4.78 is 44.0. The molecule has 1 N–H and O–H groups in total. The number of sulfonamides is 1. The van der Waals surface area contributed by atoms with E-state index >= 15 is 0 Å². The van der Waals surface area contributed by atoms with Gasteiger partial charge in [-0.25, -0.2) is 22.2 Å². The van der Waals surface area contributed by atoms with Gasteiger partial charge in [0.2, 0.25) is 10.0 Å². The van der Waals surface area contributed by atoms with Crippen LogP contribution in [0.3, 0.4) is 0 Å². The molecule has 1 aromatic carbocycles. The summed E-state index contributed by atoms with van der Waals surface area (Å²) in [6.45, 7) is 3.87. The van der Waals surface area contributed by atoms with Crippen molar-refractivity contribution in [2.45, 2.75) is 38.3 Å². The number of aromatic nitrogens is 3. The molecule has 2 aromatic heterocycles. The molecule has 0 bridgehead atoms. The van der Waals surface area contributed by atoms with Crippen molar-refractivity contribution in [2.24, 2.45) is 0 Å². The number of benzene rings is 1. The van der Waals surface area contributed by atoms with Crippen LogP contribution >= 0.6 is 0 Å². The normalized spacial score (nSPS) is 12.0. The van der Waals surface area contributed by atoms with Crippen LogP contribution in [0.1, 0.15) is 25.2 Å². The van der Waals surface area contributed by atoms with Crippen molar-refractivity contribution in [1.82, 2.24) is 18.9 Å². The highest BCUT2D eigenvalue weighted by molar-refractivity contribution is 7.89. The summed E-state index contributed by atoms with van der Waals surface area (Å²) in [5.41, 5.74) is 0.120. The first-order valence-corrected chi connectivity index (χ1v) is 9.70. The van der Waals surface area contributed by atoms with Crippen LogP contribution in [-0.2, 0) is 29.5 Å². The number of fused-ring (bicyclic) bond motifs is 1. The first-order chi connectivity index (χ1) is 12.4. The lowest BCUT2D eigenvalue weighted by Crippen LogP contribution is -2.26. The lowest BCUT2D eigenvalue weighted by molar-refractivity contribution is 0.574. The molecule has 0 unspecified atom stereocenters. The molecule has 0 aliphatic carbocycles. The minimum absolute atomic E-state index is 0.0590. The average Bonchev–Trinajstić information content (AvgIpc) is 3.08. The largest absolute Gasteiger partial charge is 0.297 e. The molecule has 9 heteroatoms. The Balaban J connectivity index is 2.00. The van der Waals surface area contributed by atoms with E-state index in [0.717, 1.165) is 0 Å². The molecule has 0 saturated heterocycles. The number of rotatable bonds is 6. The Labute approximate surface area is 150 Å². The van der Waals surface area contributed by atoms with Crippen molar-refractivity contribution in [3.63, 3.8) is 0 Å². The standard InChI is InChI=1S/C17H19FN4O3S/c1-3-16-20-22(4-2)17(23)15-9-13(11-21(15)16)26(24,25)19-10-12-7-5-6-8-14(12)18/h5-9,11,19H,3-4,10H2,1-2H3. The third kappa shape index (κ3) is 3.27. The smallest absolute Gasteiger partial charge is 0.291 e. The van der Waals surface area contributed by atoms with Crippen molar-refractivity contribution in [1.29, 1.82) is 0 Å². The van der Waals surface area contributed by atoms with Crippen LogP contribution in [0.5, 0.6) is 0 Å². The Morgan fingerprint density at radius 1 is 1.23 bits per heavy atom. The van der Waals surface area contributed by atoms with E-state index in [1.165, 1.54) is 39.5 Å². The topological polar surface area (TPSA) is 85.5 Å². The minimum Gasteiger partial charge on any atom is -0.297 e. The molecular formula is C17H19FN4O3S. The second-order valence-electron chi connectivity index (χ2n) is 5.74. The fraction of sp³-hybridized carbons (Fsp3) is 0.294. The predicted octanol–water partition coefficient (Wildman–Crippen LogP) is 1.70. The Morgan fingerprint density at radius 3 is 2.62 bits per heavy atom. The quantitative estimate of drug-likeness (QED) is 0.707. The Hall–Kier alpha value is -2.52. The van der Waals surface area contributed by atoms with Gasteiger partial charge in [-0.05, 0) is 19.1 Å². The van der Waals surface area contributed by atoms with Crippen molar-refractivity contribution in [3.8, 4) is 0 Å². The monoisotopic (exact) mass is 378 g/mol. The molecule has 3 rings (SSSR count). The summed E-state index contributed by atoms with van der Waals surface area (Å²) in [4.78, 5) is 12.3. The predicted molar refractivity (Wildman–Crippen MR) is 94.9 cm³/mol. The summed E-state index contributed by atoms with van der Waals surface area (Å²) in [7, 11) is -3.91. The molecule has 0 radical (unpaired) electrons. The van der Waals surface area contributed by atoms with Crippen molar-refractivity contribution in [3.05, 3.63) is 64.1 Å². The maximum atomic E-state index is 13.7. The van der Waals surface area contributed by atoms with E-state index in [1.807, 2.05) is 6.92 Å². The second-order valence-corrected chi connectivity index (χ2v) is 7.50. The summed E-state index contributed by atoms with van der Waals surface area (Å²) in [5, 5.41) is 4.24. The van der Waals surface area contributed by atoms with E-state index in [4.69, 9.17) is 0 Å². The summed E-state index contributed by atoms with van der Waals surface area (Å²) in [5.74, 6) is 0.0950. The molecule has 7 nitrogen and oxygen atoms in total. The minimum atomic E-state index is -3.91. The first kappa shape index (κ1) is 18.3. The van der Waals surface area contributed by atoms with Crippen molar-refractivity contribution in [2.75, 3.05) is 0 Å². The molecule has 0 atom stereocenters. The second kappa shape index (κ2) is 7.00. The number of halogens is 1. The lowest BCUT2D eigenvalue weighted by atomic mass is 10.2. The van der Waals surface area contributed by atoms with Gasteiger partial charge in [-0.2, -0.15) is 5.10 Å². The van der Waals surface area contributed by atoms with Gasteiger partial charge in [0.1, 0.15) is 22.1 Å². The van der Waals surface area contributed by atoms with E-state index in [1.54, 1.807) is 13.0 Å². The zero-order valence-corrected chi connectivity index (χ0v) is 15.3. The number of hydrogen-bond acceptors (Lipinski definition) is 4. The lowest BCUT2D eigenvalue weighted by Gasteiger charge is -2.06. The van der Waals surface area contributed by atoms with E-state index in [0.29, 0.717) is 18.8 Å². The first-order valence-electron chi connectivity index (χ1n) is 8.22. The van der Waals surface area contributed by atoms with Crippen LogP contribution < -0.4 is 10.3 Å². The van der Waals surface area contributed by atoms with Gasteiger partial charge in [0.15, 0.2) is 0 Å². The number of nitrogens with one attached hydrogen (secondary N) is 1. The SMILES string of the molecule is CCc1nn(CC)c(=O)c2cc(S(=O)(=O)NCc3ccccc3F)cn12. The van der Waals surface area contributed by atoms with E-state index < -0.39 is 15.8 Å². The fourth-order valence-corrected chi connectivity index (χ4v) is 3.71. The van der Waals surface area contributed by atoms with Gasteiger partial charge in [0.25, 0.3) is 5.56 Å². The van der Waals surface area contributed by atoms with Gasteiger partial charge < -0.3 is 0 Å². The third-order valence-electron chi connectivity index (χ3n) is 4.10.